The van der Waals surface area contributed by atoms with Crippen molar-refractivity contribution in [2.45, 2.75) is 65.5 Å². The first-order valence-electron chi connectivity index (χ1n) is 6.76. The molecule has 0 aromatic heterocycles. The fraction of sp³-hybridized carbons (Fsp3) is 1.00. The monoisotopic (exact) mass is 227 g/mol. The standard InChI is InChI=1S/C14H29NO/c1-12(2)15-9-6-13(7-10-15)8-11-16-14(3,4)5/h12-13H,6-11H2,1-5H3. The third-order valence-electron chi connectivity index (χ3n) is 3.44. The van der Waals surface area contributed by atoms with Crippen LogP contribution < -0.4 is 0 Å². The first-order chi connectivity index (χ1) is 7.38. The molecule has 0 N–H and O–H groups in total. The largest absolute Gasteiger partial charge is 0.376 e. The van der Waals surface area contributed by atoms with Crippen molar-refractivity contribution in [3.05, 3.63) is 0 Å². The first-order valence-corrected chi connectivity index (χ1v) is 6.76. The summed E-state index contributed by atoms with van der Waals surface area (Å²) >= 11 is 0. The Morgan fingerprint density at radius 2 is 1.75 bits per heavy atom. The molecule has 1 rings (SSSR count). The molecule has 1 heterocycles. The number of likely N-dealkylation sites (tertiary alicyclic amines) is 1. The highest BCUT2D eigenvalue weighted by Gasteiger charge is 2.21. The van der Waals surface area contributed by atoms with E-state index in [-0.39, 0.29) is 5.60 Å². The molecule has 0 atom stereocenters. The van der Waals surface area contributed by atoms with E-state index in [1.807, 2.05) is 0 Å². The Balaban J connectivity index is 2.13. The van der Waals surface area contributed by atoms with Gasteiger partial charge in [0.1, 0.15) is 0 Å². The van der Waals surface area contributed by atoms with Gasteiger partial charge in [-0.3, -0.25) is 0 Å². The van der Waals surface area contributed by atoms with Crippen LogP contribution in [0.25, 0.3) is 0 Å². The van der Waals surface area contributed by atoms with Crippen molar-refractivity contribution >= 4 is 0 Å². The second-order valence-electron chi connectivity index (χ2n) is 6.32. The summed E-state index contributed by atoms with van der Waals surface area (Å²) < 4.78 is 5.79. The third kappa shape index (κ3) is 5.31. The lowest BCUT2D eigenvalue weighted by Gasteiger charge is -2.35. The molecular formula is C14H29NO. The van der Waals surface area contributed by atoms with Gasteiger partial charge >= 0.3 is 0 Å². The summed E-state index contributed by atoms with van der Waals surface area (Å²) in [6.45, 7) is 14.5. The fourth-order valence-electron chi connectivity index (χ4n) is 2.29. The molecule has 2 nitrogen and oxygen atoms in total. The van der Waals surface area contributed by atoms with Crippen LogP contribution in [0.2, 0.25) is 0 Å². The number of hydrogen-bond donors (Lipinski definition) is 0. The highest BCUT2D eigenvalue weighted by atomic mass is 16.5. The van der Waals surface area contributed by atoms with E-state index >= 15 is 0 Å². The van der Waals surface area contributed by atoms with E-state index in [1.165, 1.54) is 32.4 Å². The lowest BCUT2D eigenvalue weighted by Crippen LogP contribution is -2.38. The minimum absolute atomic E-state index is 0.0264. The number of ether oxygens (including phenoxy) is 1. The minimum Gasteiger partial charge on any atom is -0.376 e. The average Bonchev–Trinajstić information content (AvgIpc) is 2.16. The summed E-state index contributed by atoms with van der Waals surface area (Å²) in [5.41, 5.74) is 0.0264. The van der Waals surface area contributed by atoms with Gasteiger partial charge in [0.2, 0.25) is 0 Å². The molecule has 0 amide bonds. The molecule has 0 unspecified atom stereocenters. The van der Waals surface area contributed by atoms with E-state index in [4.69, 9.17) is 4.74 Å². The predicted octanol–water partition coefficient (Wildman–Crippen LogP) is 3.31. The molecular weight excluding hydrogens is 198 g/mol. The summed E-state index contributed by atoms with van der Waals surface area (Å²) in [5, 5.41) is 0. The van der Waals surface area contributed by atoms with Gasteiger partial charge in [-0.15, -0.1) is 0 Å². The number of hydrogen-bond acceptors (Lipinski definition) is 2. The molecule has 96 valence electrons. The maximum absolute atomic E-state index is 5.79. The molecule has 0 spiro atoms. The molecule has 16 heavy (non-hydrogen) atoms. The van der Waals surface area contributed by atoms with Crippen molar-refractivity contribution in [3.63, 3.8) is 0 Å². The Hall–Kier alpha value is -0.0800. The van der Waals surface area contributed by atoms with Gasteiger partial charge in [0.25, 0.3) is 0 Å². The Kier molecular flexibility index (Phi) is 5.26. The van der Waals surface area contributed by atoms with E-state index in [0.29, 0.717) is 6.04 Å². The number of rotatable bonds is 4. The Labute approximate surface area is 101 Å². The van der Waals surface area contributed by atoms with Crippen LogP contribution >= 0.6 is 0 Å². The van der Waals surface area contributed by atoms with Crippen molar-refractivity contribution in [1.82, 2.24) is 4.90 Å². The molecule has 1 aliphatic heterocycles. The molecule has 0 aliphatic carbocycles. The van der Waals surface area contributed by atoms with Crippen LogP contribution in [0.3, 0.4) is 0 Å². The van der Waals surface area contributed by atoms with Crippen LogP contribution in [0.15, 0.2) is 0 Å². The second-order valence-corrected chi connectivity index (χ2v) is 6.32. The zero-order valence-corrected chi connectivity index (χ0v) is 11.8. The zero-order chi connectivity index (χ0) is 12.2. The van der Waals surface area contributed by atoms with Gasteiger partial charge in [0, 0.05) is 12.6 Å². The molecule has 1 saturated heterocycles. The maximum atomic E-state index is 5.79. The van der Waals surface area contributed by atoms with E-state index in [9.17, 15) is 0 Å². The lowest BCUT2D eigenvalue weighted by atomic mass is 9.93. The Bertz CT molecular complexity index is 187. The third-order valence-corrected chi connectivity index (χ3v) is 3.44. The maximum Gasteiger partial charge on any atom is 0.0598 e. The summed E-state index contributed by atoms with van der Waals surface area (Å²) in [7, 11) is 0. The predicted molar refractivity (Wildman–Crippen MR) is 69.8 cm³/mol. The van der Waals surface area contributed by atoms with E-state index in [2.05, 4.69) is 39.5 Å². The summed E-state index contributed by atoms with van der Waals surface area (Å²) in [5.74, 6) is 0.886. The van der Waals surface area contributed by atoms with Crippen LogP contribution in [0.5, 0.6) is 0 Å². The van der Waals surface area contributed by atoms with Crippen molar-refractivity contribution in [1.29, 1.82) is 0 Å². The molecule has 1 aliphatic rings. The van der Waals surface area contributed by atoms with Gasteiger partial charge < -0.3 is 9.64 Å². The first kappa shape index (κ1) is 14.0. The van der Waals surface area contributed by atoms with Gasteiger partial charge in [0.15, 0.2) is 0 Å². The van der Waals surface area contributed by atoms with Crippen molar-refractivity contribution < 1.29 is 4.74 Å². The highest BCUT2D eigenvalue weighted by Crippen LogP contribution is 2.22. The Morgan fingerprint density at radius 3 is 2.19 bits per heavy atom. The molecule has 1 fully saturated rings. The number of nitrogens with zero attached hydrogens (tertiary/aromatic N) is 1. The topological polar surface area (TPSA) is 12.5 Å². The fourth-order valence-corrected chi connectivity index (χ4v) is 2.29. The van der Waals surface area contributed by atoms with E-state index in [0.717, 1.165) is 12.5 Å². The van der Waals surface area contributed by atoms with Gasteiger partial charge in [-0.25, -0.2) is 0 Å². The van der Waals surface area contributed by atoms with Gasteiger partial charge in [0.05, 0.1) is 5.60 Å². The van der Waals surface area contributed by atoms with Gasteiger partial charge in [-0.2, -0.15) is 0 Å². The van der Waals surface area contributed by atoms with E-state index < -0.39 is 0 Å². The highest BCUT2D eigenvalue weighted by molar-refractivity contribution is 4.74. The van der Waals surface area contributed by atoms with E-state index in [1.54, 1.807) is 0 Å². The van der Waals surface area contributed by atoms with Crippen LogP contribution in [-0.2, 0) is 4.74 Å². The van der Waals surface area contributed by atoms with Crippen molar-refractivity contribution in [2.75, 3.05) is 19.7 Å². The van der Waals surface area contributed by atoms with Crippen LogP contribution in [0.4, 0.5) is 0 Å². The Morgan fingerprint density at radius 1 is 1.19 bits per heavy atom. The molecule has 0 radical (unpaired) electrons. The molecule has 0 aromatic rings. The van der Waals surface area contributed by atoms with Crippen LogP contribution in [0, 0.1) is 5.92 Å². The van der Waals surface area contributed by atoms with Crippen molar-refractivity contribution in [3.8, 4) is 0 Å². The average molecular weight is 227 g/mol. The minimum atomic E-state index is 0.0264. The SMILES string of the molecule is CC(C)N1CCC(CCOC(C)(C)C)CC1. The summed E-state index contributed by atoms with van der Waals surface area (Å²) in [4.78, 5) is 2.58. The summed E-state index contributed by atoms with van der Waals surface area (Å²) in [6.07, 6.45) is 3.95. The zero-order valence-electron chi connectivity index (χ0n) is 11.8. The van der Waals surface area contributed by atoms with Crippen LogP contribution in [-0.4, -0.2) is 36.2 Å². The second kappa shape index (κ2) is 6.02. The quantitative estimate of drug-likeness (QED) is 0.730. The smallest absolute Gasteiger partial charge is 0.0598 e. The molecule has 2 heteroatoms. The molecule has 0 aromatic carbocycles. The molecule has 0 saturated carbocycles. The van der Waals surface area contributed by atoms with Crippen LogP contribution in [0.1, 0.15) is 53.9 Å². The lowest BCUT2D eigenvalue weighted by molar-refractivity contribution is -0.0131. The summed E-state index contributed by atoms with van der Waals surface area (Å²) in [6, 6.07) is 0.715. The van der Waals surface area contributed by atoms with Gasteiger partial charge in [-0.05, 0) is 72.9 Å². The van der Waals surface area contributed by atoms with Crippen molar-refractivity contribution in [2.24, 2.45) is 5.92 Å². The number of piperidine rings is 1. The van der Waals surface area contributed by atoms with Gasteiger partial charge in [-0.1, -0.05) is 0 Å². The molecule has 0 bridgehead atoms. The normalized spacial score (nSPS) is 20.6.